The Kier molecular flexibility index (Phi) is 4.28. The smallest absolute Gasteiger partial charge is 0.218 e. The Morgan fingerprint density at radius 3 is 2.48 bits per heavy atom. The molecule has 0 radical (unpaired) electrons. The number of benzene rings is 3. The maximum atomic E-state index is 6.36. The van der Waals surface area contributed by atoms with Crippen molar-refractivity contribution < 1.29 is 4.74 Å². The van der Waals surface area contributed by atoms with E-state index in [1.165, 1.54) is 3.57 Å². The van der Waals surface area contributed by atoms with Crippen molar-refractivity contribution >= 4 is 38.5 Å². The standard InChI is InChI=1S/C22H14BrIN2O/c23-16-8-11-18-20-13-19(14-6-9-17(24)10-7-14)25-26(20)22(27-21(18)12-16)15-4-2-1-3-5-15/h1-13,22H. The molecule has 0 aliphatic carbocycles. The molecular formula is C22H14BrIN2O. The van der Waals surface area contributed by atoms with Gasteiger partial charge in [0.1, 0.15) is 5.75 Å². The predicted octanol–water partition coefficient (Wildman–Crippen LogP) is 6.52. The van der Waals surface area contributed by atoms with Gasteiger partial charge in [-0.15, -0.1) is 0 Å². The lowest BCUT2D eigenvalue weighted by molar-refractivity contribution is 0.154. The Morgan fingerprint density at radius 2 is 1.70 bits per heavy atom. The van der Waals surface area contributed by atoms with Crippen LogP contribution in [-0.4, -0.2) is 9.78 Å². The summed E-state index contributed by atoms with van der Waals surface area (Å²) in [6.07, 6.45) is -0.291. The zero-order valence-electron chi connectivity index (χ0n) is 14.1. The first kappa shape index (κ1) is 17.0. The number of ether oxygens (including phenoxy) is 1. The van der Waals surface area contributed by atoms with E-state index in [9.17, 15) is 0 Å². The van der Waals surface area contributed by atoms with Crippen molar-refractivity contribution in [1.29, 1.82) is 0 Å². The summed E-state index contributed by atoms with van der Waals surface area (Å²) >= 11 is 5.87. The van der Waals surface area contributed by atoms with E-state index in [1.807, 2.05) is 35.0 Å². The molecule has 0 saturated carbocycles. The van der Waals surface area contributed by atoms with Crippen LogP contribution in [0.25, 0.3) is 22.5 Å². The maximum absolute atomic E-state index is 6.36. The Bertz CT molecular complexity index is 1120. The van der Waals surface area contributed by atoms with Crippen molar-refractivity contribution in [2.45, 2.75) is 6.23 Å². The van der Waals surface area contributed by atoms with Crippen molar-refractivity contribution in [2.75, 3.05) is 0 Å². The number of hydrogen-bond donors (Lipinski definition) is 0. The lowest BCUT2D eigenvalue weighted by atomic mass is 10.1. The van der Waals surface area contributed by atoms with Crippen molar-refractivity contribution in [3.05, 3.63) is 92.5 Å². The van der Waals surface area contributed by atoms with Crippen LogP contribution in [0.4, 0.5) is 0 Å². The number of rotatable bonds is 2. The number of fused-ring (bicyclic) bond motifs is 3. The topological polar surface area (TPSA) is 27.1 Å². The summed E-state index contributed by atoms with van der Waals surface area (Å²) in [6, 6.07) is 26.9. The van der Waals surface area contributed by atoms with Gasteiger partial charge in [0.2, 0.25) is 6.23 Å². The van der Waals surface area contributed by atoms with Gasteiger partial charge in [-0.05, 0) is 59.0 Å². The lowest BCUT2D eigenvalue weighted by Crippen LogP contribution is -2.23. The van der Waals surface area contributed by atoms with Crippen LogP contribution < -0.4 is 4.74 Å². The van der Waals surface area contributed by atoms with Gasteiger partial charge in [0, 0.05) is 24.7 Å². The molecule has 1 unspecified atom stereocenters. The highest BCUT2D eigenvalue weighted by atomic mass is 127. The Hall–Kier alpha value is -2.12. The van der Waals surface area contributed by atoms with Gasteiger partial charge in [0.15, 0.2) is 0 Å². The lowest BCUT2D eigenvalue weighted by Gasteiger charge is -2.28. The van der Waals surface area contributed by atoms with Crippen LogP contribution in [0.1, 0.15) is 11.8 Å². The molecular weight excluding hydrogens is 515 g/mol. The summed E-state index contributed by atoms with van der Waals surface area (Å²) in [5.74, 6) is 0.861. The van der Waals surface area contributed by atoms with Crippen LogP contribution in [0.2, 0.25) is 0 Å². The van der Waals surface area contributed by atoms with E-state index < -0.39 is 0 Å². The van der Waals surface area contributed by atoms with E-state index in [4.69, 9.17) is 9.84 Å². The normalized spacial score (nSPS) is 15.0. The van der Waals surface area contributed by atoms with Gasteiger partial charge in [-0.3, -0.25) is 0 Å². The van der Waals surface area contributed by atoms with Gasteiger partial charge < -0.3 is 4.74 Å². The van der Waals surface area contributed by atoms with E-state index in [1.54, 1.807) is 0 Å². The van der Waals surface area contributed by atoms with Gasteiger partial charge in [-0.25, -0.2) is 4.68 Å². The fourth-order valence-corrected chi connectivity index (χ4v) is 4.04. The first-order valence-electron chi connectivity index (χ1n) is 8.56. The third kappa shape index (κ3) is 3.08. The highest BCUT2D eigenvalue weighted by Gasteiger charge is 2.29. The minimum Gasteiger partial charge on any atom is -0.464 e. The molecule has 5 heteroatoms. The minimum absolute atomic E-state index is 0.291. The molecule has 3 aromatic carbocycles. The Morgan fingerprint density at radius 1 is 0.926 bits per heavy atom. The van der Waals surface area contributed by atoms with Crippen molar-refractivity contribution in [3.8, 4) is 28.3 Å². The second kappa shape index (κ2) is 6.80. The molecule has 1 aliphatic heterocycles. The molecule has 1 atom stereocenters. The van der Waals surface area contributed by atoms with Crippen LogP contribution in [0.3, 0.4) is 0 Å². The molecule has 5 rings (SSSR count). The van der Waals surface area contributed by atoms with Gasteiger partial charge in [-0.2, -0.15) is 5.10 Å². The van der Waals surface area contributed by atoms with E-state index in [-0.39, 0.29) is 6.23 Å². The largest absolute Gasteiger partial charge is 0.464 e. The molecule has 132 valence electrons. The summed E-state index contributed by atoms with van der Waals surface area (Å²) in [6.45, 7) is 0. The minimum atomic E-state index is -0.291. The molecule has 1 aliphatic rings. The van der Waals surface area contributed by atoms with Gasteiger partial charge in [-0.1, -0.05) is 58.4 Å². The molecule has 0 bridgehead atoms. The molecule has 2 heterocycles. The van der Waals surface area contributed by atoms with Crippen LogP contribution in [0.15, 0.2) is 83.3 Å². The second-order valence-electron chi connectivity index (χ2n) is 6.39. The Balaban J connectivity index is 1.70. The summed E-state index contributed by atoms with van der Waals surface area (Å²) in [5, 5.41) is 4.91. The second-order valence-corrected chi connectivity index (χ2v) is 8.55. The highest BCUT2D eigenvalue weighted by molar-refractivity contribution is 14.1. The maximum Gasteiger partial charge on any atom is 0.218 e. The molecule has 0 amide bonds. The van der Waals surface area contributed by atoms with E-state index in [2.05, 4.69) is 87.1 Å². The molecule has 0 N–H and O–H groups in total. The summed E-state index contributed by atoms with van der Waals surface area (Å²) < 4.78 is 10.6. The number of hydrogen-bond acceptors (Lipinski definition) is 2. The SMILES string of the molecule is Brc1ccc2c(c1)OC(c1ccccc1)n1nc(-c3ccc(I)cc3)cc1-2. The third-order valence-corrected chi connectivity index (χ3v) is 5.85. The zero-order chi connectivity index (χ0) is 18.4. The fraction of sp³-hybridized carbons (Fsp3) is 0.0455. The zero-order valence-corrected chi connectivity index (χ0v) is 17.9. The van der Waals surface area contributed by atoms with Gasteiger partial charge in [0.05, 0.1) is 11.4 Å². The fourth-order valence-electron chi connectivity index (χ4n) is 3.34. The Labute approximate surface area is 179 Å². The molecule has 0 fully saturated rings. The average Bonchev–Trinajstić information content (AvgIpc) is 3.14. The van der Waals surface area contributed by atoms with Crippen LogP contribution >= 0.6 is 38.5 Å². The summed E-state index contributed by atoms with van der Waals surface area (Å²) in [5.41, 5.74) is 5.23. The number of halogens is 2. The number of aromatic nitrogens is 2. The van der Waals surface area contributed by atoms with Crippen LogP contribution in [0.5, 0.6) is 5.75 Å². The highest BCUT2D eigenvalue weighted by Crippen LogP contribution is 2.42. The molecule has 3 nitrogen and oxygen atoms in total. The van der Waals surface area contributed by atoms with E-state index in [0.717, 1.165) is 38.3 Å². The van der Waals surface area contributed by atoms with Gasteiger partial charge >= 0.3 is 0 Å². The van der Waals surface area contributed by atoms with Crippen molar-refractivity contribution in [1.82, 2.24) is 9.78 Å². The van der Waals surface area contributed by atoms with Gasteiger partial charge in [0.25, 0.3) is 0 Å². The summed E-state index contributed by atoms with van der Waals surface area (Å²) in [4.78, 5) is 0. The molecule has 0 saturated heterocycles. The molecule has 4 aromatic rings. The predicted molar refractivity (Wildman–Crippen MR) is 119 cm³/mol. The summed E-state index contributed by atoms with van der Waals surface area (Å²) in [7, 11) is 0. The monoisotopic (exact) mass is 528 g/mol. The first-order valence-corrected chi connectivity index (χ1v) is 10.4. The first-order chi connectivity index (χ1) is 13.2. The number of nitrogens with zero attached hydrogens (tertiary/aromatic N) is 2. The van der Waals surface area contributed by atoms with E-state index >= 15 is 0 Å². The third-order valence-electron chi connectivity index (χ3n) is 4.64. The molecule has 0 spiro atoms. The molecule has 1 aromatic heterocycles. The van der Waals surface area contributed by atoms with Crippen LogP contribution in [0, 0.1) is 3.57 Å². The van der Waals surface area contributed by atoms with Crippen molar-refractivity contribution in [3.63, 3.8) is 0 Å². The molecule has 27 heavy (non-hydrogen) atoms. The van der Waals surface area contributed by atoms with E-state index in [0.29, 0.717) is 0 Å². The van der Waals surface area contributed by atoms with Crippen molar-refractivity contribution in [2.24, 2.45) is 0 Å². The average molecular weight is 529 g/mol. The van der Waals surface area contributed by atoms with Crippen LogP contribution in [-0.2, 0) is 0 Å². The quantitative estimate of drug-likeness (QED) is 0.277.